The Kier molecular flexibility index (Phi) is 3.61. The molecule has 45 valence electrons. The van der Waals surface area contributed by atoms with Gasteiger partial charge in [-0.15, -0.1) is 0 Å². The van der Waals surface area contributed by atoms with Crippen LogP contribution in [0.2, 0.25) is 0 Å². The van der Waals surface area contributed by atoms with Gasteiger partial charge in [-0.1, -0.05) is 6.42 Å². The largest absolute Gasteiger partial charge is 0.358 e. The van der Waals surface area contributed by atoms with Crippen molar-refractivity contribution in [3.05, 3.63) is 42.8 Å². The van der Waals surface area contributed by atoms with Gasteiger partial charge in [0.2, 0.25) is 0 Å². The first-order valence-corrected chi connectivity index (χ1v) is 2.45. The summed E-state index contributed by atoms with van der Waals surface area (Å²) in [4.78, 5) is 0. The monoisotopic (exact) mass is 193 g/mol. The van der Waals surface area contributed by atoms with Gasteiger partial charge in [0, 0.05) is 32.7 Å². The summed E-state index contributed by atoms with van der Waals surface area (Å²) in [5.74, 6) is 0. The predicted octanol–water partition coefficient (Wildman–Crippen LogP) is 1.84. The summed E-state index contributed by atoms with van der Waals surface area (Å²) in [5, 5.41) is 0. The van der Waals surface area contributed by atoms with Gasteiger partial charge < -0.3 is 7.43 Å². The van der Waals surface area contributed by atoms with E-state index in [-0.39, 0.29) is 40.1 Å². The van der Waals surface area contributed by atoms with Crippen molar-refractivity contribution in [2.75, 3.05) is 0 Å². The van der Waals surface area contributed by atoms with Gasteiger partial charge >= 0.3 is 0 Å². The molecule has 1 heteroatoms. The first-order chi connectivity index (χ1) is 3.47. The van der Waals surface area contributed by atoms with Crippen LogP contribution in [0.4, 0.5) is 0 Å². The Bertz CT molecular complexity index is 173. The Morgan fingerprint density at radius 1 is 1.33 bits per heavy atom. The van der Waals surface area contributed by atoms with Gasteiger partial charge in [-0.05, 0) is 0 Å². The van der Waals surface area contributed by atoms with Crippen LogP contribution in [0.1, 0.15) is 11.1 Å². The molecule has 0 unspecified atom stereocenters. The molecule has 0 fully saturated rings. The Hall–Kier alpha value is 0.324. The maximum Gasteiger partial charge on any atom is 0 e. The minimum atomic E-state index is 0. The van der Waals surface area contributed by atoms with E-state index in [0.29, 0.717) is 0 Å². The second-order valence-corrected chi connectivity index (χ2v) is 1.87. The van der Waals surface area contributed by atoms with E-state index in [9.17, 15) is 0 Å². The first-order valence-electron chi connectivity index (χ1n) is 2.45. The van der Waals surface area contributed by atoms with Crippen LogP contribution in [-0.2, 0) is 39.1 Å². The van der Waals surface area contributed by atoms with E-state index in [4.69, 9.17) is 0 Å². The maximum absolute atomic E-state index is 3.01. The number of hydrogen-bond acceptors (Lipinski definition) is 0. The number of benzene rings is 1. The van der Waals surface area contributed by atoms with Crippen molar-refractivity contribution in [2.24, 2.45) is 0 Å². The Morgan fingerprint density at radius 3 is 2.56 bits per heavy atom. The van der Waals surface area contributed by atoms with E-state index >= 15 is 0 Å². The molecule has 0 N–H and O–H groups in total. The van der Waals surface area contributed by atoms with Crippen LogP contribution in [-0.4, -0.2) is 0 Å². The standard InChI is InChI=1S/C7H5.CH3.Y/c1-2-4-7-5-6(7)3-1;;/h1,3-4H,5H2;1H3;/q2*-1;. The summed E-state index contributed by atoms with van der Waals surface area (Å²) >= 11 is 0. The quantitative estimate of drug-likeness (QED) is 0.560. The van der Waals surface area contributed by atoms with Crippen molar-refractivity contribution < 1.29 is 32.7 Å². The van der Waals surface area contributed by atoms with Gasteiger partial charge in [-0.3, -0.25) is 0 Å². The zero-order valence-electron chi connectivity index (χ0n) is 5.52. The van der Waals surface area contributed by atoms with E-state index in [0.717, 1.165) is 0 Å². The molecule has 0 heterocycles. The molecule has 0 saturated carbocycles. The molecule has 0 nitrogen and oxygen atoms in total. The Balaban J connectivity index is 0.000000320. The molecular weight excluding hydrogens is 185 g/mol. The molecule has 0 spiro atoms. The van der Waals surface area contributed by atoms with Gasteiger partial charge in [-0.2, -0.15) is 35.4 Å². The van der Waals surface area contributed by atoms with Crippen LogP contribution in [0.25, 0.3) is 0 Å². The van der Waals surface area contributed by atoms with Crippen molar-refractivity contribution in [1.82, 2.24) is 0 Å². The number of fused-ring (bicyclic) bond motifs is 1. The summed E-state index contributed by atoms with van der Waals surface area (Å²) in [7, 11) is 0. The zero-order chi connectivity index (χ0) is 4.69. The van der Waals surface area contributed by atoms with Gasteiger partial charge in [0.25, 0.3) is 0 Å². The summed E-state index contributed by atoms with van der Waals surface area (Å²) < 4.78 is 0. The van der Waals surface area contributed by atoms with Crippen LogP contribution in [0.5, 0.6) is 0 Å². The fraction of sp³-hybridized carbons (Fsp3) is 0.125. The molecule has 0 saturated heterocycles. The van der Waals surface area contributed by atoms with Crippen LogP contribution >= 0.6 is 0 Å². The second kappa shape index (κ2) is 3.48. The van der Waals surface area contributed by atoms with Crippen molar-refractivity contribution >= 4 is 0 Å². The fourth-order valence-electron chi connectivity index (χ4n) is 0.768. The Morgan fingerprint density at radius 2 is 2.11 bits per heavy atom. The van der Waals surface area contributed by atoms with E-state index in [2.05, 4.69) is 18.2 Å². The normalized spacial score (nSPS) is 10.2. The molecule has 2 rings (SSSR count). The molecule has 1 aliphatic rings. The fourth-order valence-corrected chi connectivity index (χ4v) is 0.768. The van der Waals surface area contributed by atoms with Crippen molar-refractivity contribution in [1.29, 1.82) is 0 Å². The van der Waals surface area contributed by atoms with E-state index < -0.39 is 0 Å². The van der Waals surface area contributed by atoms with Gasteiger partial charge in [0.15, 0.2) is 0 Å². The van der Waals surface area contributed by atoms with E-state index in [1.165, 1.54) is 17.5 Å². The molecule has 1 aromatic carbocycles. The molecule has 0 atom stereocenters. The van der Waals surface area contributed by atoms with Crippen molar-refractivity contribution in [3.8, 4) is 0 Å². The molecule has 1 radical (unpaired) electrons. The minimum Gasteiger partial charge on any atom is -0.358 e. The molecule has 0 amide bonds. The summed E-state index contributed by atoms with van der Waals surface area (Å²) in [6.07, 6.45) is 1.21. The molecule has 0 aromatic heterocycles. The molecule has 9 heavy (non-hydrogen) atoms. The van der Waals surface area contributed by atoms with E-state index in [1.54, 1.807) is 0 Å². The predicted molar refractivity (Wildman–Crippen MR) is 34.5 cm³/mol. The smallest absolute Gasteiger partial charge is 0 e. The third-order valence-corrected chi connectivity index (χ3v) is 1.31. The van der Waals surface area contributed by atoms with Crippen LogP contribution in [0.3, 0.4) is 0 Å². The third-order valence-electron chi connectivity index (χ3n) is 1.31. The van der Waals surface area contributed by atoms with Gasteiger partial charge in [-0.25, -0.2) is 0 Å². The molecule has 0 bridgehead atoms. The maximum atomic E-state index is 3.01. The van der Waals surface area contributed by atoms with Crippen LogP contribution in [0.15, 0.2) is 18.2 Å². The van der Waals surface area contributed by atoms with Crippen molar-refractivity contribution in [3.63, 3.8) is 0 Å². The van der Waals surface area contributed by atoms with Crippen LogP contribution < -0.4 is 0 Å². The van der Waals surface area contributed by atoms with Gasteiger partial charge in [0.1, 0.15) is 0 Å². The van der Waals surface area contributed by atoms with Gasteiger partial charge in [0.05, 0.1) is 0 Å². The molecule has 1 aromatic rings. The summed E-state index contributed by atoms with van der Waals surface area (Å²) in [6, 6.07) is 9.15. The third kappa shape index (κ3) is 1.88. The average Bonchev–Trinajstić information content (AvgIpc) is 2.41. The summed E-state index contributed by atoms with van der Waals surface area (Å²) in [6.45, 7) is 0. The second-order valence-electron chi connectivity index (χ2n) is 1.87. The SMILES string of the molecule is [CH3-].[Y].[c-]1ccc2c(c1)C2. The first kappa shape index (κ1) is 9.32. The molecular formula is C8H8Y-2. The zero-order valence-corrected chi connectivity index (χ0v) is 8.35. The number of hydrogen-bond donors (Lipinski definition) is 0. The van der Waals surface area contributed by atoms with E-state index in [1.807, 2.05) is 6.07 Å². The Labute approximate surface area is 81.5 Å². The molecule has 0 aliphatic heterocycles. The topological polar surface area (TPSA) is 0 Å². The van der Waals surface area contributed by atoms with Crippen molar-refractivity contribution in [2.45, 2.75) is 6.42 Å². The number of rotatable bonds is 0. The van der Waals surface area contributed by atoms with Crippen LogP contribution in [0, 0.1) is 13.5 Å². The average molecular weight is 193 g/mol. The molecule has 1 aliphatic carbocycles. The summed E-state index contributed by atoms with van der Waals surface area (Å²) in [5.41, 5.74) is 2.97. The minimum absolute atomic E-state index is 0.